The zero-order valence-electron chi connectivity index (χ0n) is 10.3. The van der Waals surface area contributed by atoms with E-state index in [1.54, 1.807) is 13.4 Å². The quantitative estimate of drug-likeness (QED) is 0.660. The van der Waals surface area contributed by atoms with Crippen molar-refractivity contribution in [3.63, 3.8) is 0 Å². The third kappa shape index (κ3) is 4.79. The monoisotopic (exact) mass is 226 g/mol. The Bertz CT molecular complexity index is 262. The van der Waals surface area contributed by atoms with E-state index in [2.05, 4.69) is 17.6 Å². The normalized spacial score (nSPS) is 14.9. The number of ether oxygens (including phenoxy) is 1. The van der Waals surface area contributed by atoms with Gasteiger partial charge in [0, 0.05) is 26.7 Å². The molecule has 1 aromatic rings. The Hall–Kier alpha value is -0.840. The zero-order valence-corrected chi connectivity index (χ0v) is 10.3. The second-order valence-electron chi connectivity index (χ2n) is 3.94. The minimum absolute atomic E-state index is 0.261. The van der Waals surface area contributed by atoms with Crippen LogP contribution in [0.1, 0.15) is 25.6 Å². The highest BCUT2D eigenvalue weighted by Gasteiger charge is 2.06. The summed E-state index contributed by atoms with van der Waals surface area (Å²) < 4.78 is 10.4. The van der Waals surface area contributed by atoms with Gasteiger partial charge in [-0.05, 0) is 26.0 Å². The lowest BCUT2D eigenvalue weighted by atomic mass is 10.2. The standard InChI is InChI=1S/C12H22N2O2/c1-10(15-3)9-13-6-7-14-11(2)12-5-4-8-16-12/h4-5,8,10-11,13-14H,6-7,9H2,1-3H3. The van der Waals surface area contributed by atoms with E-state index in [4.69, 9.17) is 9.15 Å². The first-order valence-corrected chi connectivity index (χ1v) is 5.74. The van der Waals surface area contributed by atoms with Crippen LogP contribution in [0.3, 0.4) is 0 Å². The van der Waals surface area contributed by atoms with Crippen LogP contribution in [-0.2, 0) is 4.74 Å². The first-order valence-electron chi connectivity index (χ1n) is 5.74. The van der Waals surface area contributed by atoms with E-state index in [1.165, 1.54) is 0 Å². The molecule has 0 amide bonds. The molecule has 0 aliphatic rings. The van der Waals surface area contributed by atoms with Gasteiger partial charge in [-0.3, -0.25) is 0 Å². The molecule has 1 heterocycles. The molecule has 0 spiro atoms. The van der Waals surface area contributed by atoms with Crippen molar-refractivity contribution in [3.8, 4) is 0 Å². The minimum Gasteiger partial charge on any atom is -0.468 e. The fraction of sp³-hybridized carbons (Fsp3) is 0.667. The van der Waals surface area contributed by atoms with Crippen molar-refractivity contribution in [1.29, 1.82) is 0 Å². The highest BCUT2D eigenvalue weighted by Crippen LogP contribution is 2.11. The molecule has 2 atom stereocenters. The summed E-state index contributed by atoms with van der Waals surface area (Å²) in [6.45, 7) is 6.87. The fourth-order valence-electron chi connectivity index (χ4n) is 1.40. The summed E-state index contributed by atoms with van der Waals surface area (Å²) >= 11 is 0. The van der Waals surface area contributed by atoms with Gasteiger partial charge in [0.25, 0.3) is 0 Å². The first-order chi connectivity index (χ1) is 7.74. The van der Waals surface area contributed by atoms with Crippen molar-refractivity contribution in [2.75, 3.05) is 26.7 Å². The summed E-state index contributed by atoms with van der Waals surface area (Å²) in [6, 6.07) is 4.15. The van der Waals surface area contributed by atoms with Crippen molar-refractivity contribution in [3.05, 3.63) is 24.2 Å². The molecule has 1 rings (SSSR count). The highest BCUT2D eigenvalue weighted by atomic mass is 16.5. The zero-order chi connectivity index (χ0) is 11.8. The van der Waals surface area contributed by atoms with E-state index in [9.17, 15) is 0 Å². The molecule has 0 aliphatic carbocycles. The maximum Gasteiger partial charge on any atom is 0.120 e. The number of hydrogen-bond donors (Lipinski definition) is 2. The molecule has 1 aromatic heterocycles. The SMILES string of the molecule is COC(C)CNCCNC(C)c1ccco1. The topological polar surface area (TPSA) is 46.4 Å². The molecular weight excluding hydrogens is 204 g/mol. The highest BCUT2D eigenvalue weighted by molar-refractivity contribution is 5.02. The summed E-state index contributed by atoms with van der Waals surface area (Å²) in [5.74, 6) is 0.977. The number of nitrogens with one attached hydrogen (secondary N) is 2. The second-order valence-corrected chi connectivity index (χ2v) is 3.94. The van der Waals surface area contributed by atoms with Gasteiger partial charge in [0.2, 0.25) is 0 Å². The molecule has 16 heavy (non-hydrogen) atoms. The molecule has 0 radical (unpaired) electrons. The minimum atomic E-state index is 0.261. The lowest BCUT2D eigenvalue weighted by Crippen LogP contribution is -2.33. The molecule has 0 fully saturated rings. The third-order valence-corrected chi connectivity index (χ3v) is 2.56. The van der Waals surface area contributed by atoms with Crippen LogP contribution in [0.5, 0.6) is 0 Å². The van der Waals surface area contributed by atoms with Gasteiger partial charge in [-0.15, -0.1) is 0 Å². The van der Waals surface area contributed by atoms with Crippen LogP contribution in [0.4, 0.5) is 0 Å². The van der Waals surface area contributed by atoms with Crippen LogP contribution in [0, 0.1) is 0 Å². The number of hydrogen-bond acceptors (Lipinski definition) is 4. The second kappa shape index (κ2) is 7.44. The van der Waals surface area contributed by atoms with Gasteiger partial charge in [0.05, 0.1) is 18.4 Å². The summed E-state index contributed by atoms with van der Waals surface area (Å²) in [5, 5.41) is 6.70. The Balaban J connectivity index is 2.03. The summed E-state index contributed by atoms with van der Waals surface area (Å²) in [5.41, 5.74) is 0. The molecular formula is C12H22N2O2. The van der Waals surface area contributed by atoms with Gasteiger partial charge in [-0.2, -0.15) is 0 Å². The van der Waals surface area contributed by atoms with E-state index >= 15 is 0 Å². The van der Waals surface area contributed by atoms with Crippen LogP contribution in [0.15, 0.2) is 22.8 Å². The Morgan fingerprint density at radius 3 is 2.81 bits per heavy atom. The van der Waals surface area contributed by atoms with Gasteiger partial charge in [0.1, 0.15) is 5.76 Å². The third-order valence-electron chi connectivity index (χ3n) is 2.56. The van der Waals surface area contributed by atoms with Crippen molar-refractivity contribution in [2.24, 2.45) is 0 Å². The Morgan fingerprint density at radius 1 is 1.38 bits per heavy atom. The molecule has 2 N–H and O–H groups in total. The van der Waals surface area contributed by atoms with Crippen molar-refractivity contribution in [1.82, 2.24) is 10.6 Å². The predicted octanol–water partition coefficient (Wildman–Crippen LogP) is 1.55. The van der Waals surface area contributed by atoms with E-state index in [1.807, 2.05) is 19.1 Å². The molecule has 4 nitrogen and oxygen atoms in total. The fourth-order valence-corrected chi connectivity index (χ4v) is 1.40. The Labute approximate surface area is 97.4 Å². The Morgan fingerprint density at radius 2 is 2.19 bits per heavy atom. The van der Waals surface area contributed by atoms with E-state index in [-0.39, 0.29) is 12.1 Å². The molecule has 92 valence electrons. The predicted molar refractivity (Wildman–Crippen MR) is 64.5 cm³/mol. The number of furan rings is 1. The van der Waals surface area contributed by atoms with Crippen LogP contribution in [-0.4, -0.2) is 32.8 Å². The number of methoxy groups -OCH3 is 1. The lowest BCUT2D eigenvalue weighted by Gasteiger charge is -2.13. The molecule has 2 unspecified atom stereocenters. The van der Waals surface area contributed by atoms with Crippen LogP contribution >= 0.6 is 0 Å². The van der Waals surface area contributed by atoms with Gasteiger partial charge in [-0.1, -0.05) is 0 Å². The van der Waals surface area contributed by atoms with Crippen molar-refractivity contribution < 1.29 is 9.15 Å². The van der Waals surface area contributed by atoms with E-state index < -0.39 is 0 Å². The summed E-state index contributed by atoms with van der Waals surface area (Å²) in [7, 11) is 1.73. The summed E-state index contributed by atoms with van der Waals surface area (Å²) in [4.78, 5) is 0. The van der Waals surface area contributed by atoms with Crippen LogP contribution in [0.2, 0.25) is 0 Å². The van der Waals surface area contributed by atoms with E-state index in [0.717, 1.165) is 25.4 Å². The van der Waals surface area contributed by atoms with E-state index in [0.29, 0.717) is 0 Å². The molecule has 0 aliphatic heterocycles. The molecule has 0 saturated heterocycles. The van der Waals surface area contributed by atoms with Gasteiger partial charge < -0.3 is 19.8 Å². The van der Waals surface area contributed by atoms with Crippen molar-refractivity contribution >= 4 is 0 Å². The largest absolute Gasteiger partial charge is 0.468 e. The van der Waals surface area contributed by atoms with Gasteiger partial charge in [0.15, 0.2) is 0 Å². The molecule has 0 aromatic carbocycles. The average molecular weight is 226 g/mol. The number of rotatable bonds is 8. The first kappa shape index (κ1) is 13.2. The van der Waals surface area contributed by atoms with Crippen LogP contribution in [0.25, 0.3) is 0 Å². The summed E-state index contributed by atoms with van der Waals surface area (Å²) in [6.07, 6.45) is 1.97. The van der Waals surface area contributed by atoms with Gasteiger partial charge in [-0.25, -0.2) is 0 Å². The molecule has 4 heteroatoms. The maximum absolute atomic E-state index is 5.31. The van der Waals surface area contributed by atoms with Crippen LogP contribution < -0.4 is 10.6 Å². The Kier molecular flexibility index (Phi) is 6.15. The van der Waals surface area contributed by atoms with Gasteiger partial charge >= 0.3 is 0 Å². The van der Waals surface area contributed by atoms with Crippen molar-refractivity contribution in [2.45, 2.75) is 26.0 Å². The smallest absolute Gasteiger partial charge is 0.120 e. The maximum atomic E-state index is 5.31. The molecule has 0 saturated carbocycles. The molecule has 0 bridgehead atoms. The lowest BCUT2D eigenvalue weighted by molar-refractivity contribution is 0.117. The average Bonchev–Trinajstić information content (AvgIpc) is 2.81.